The van der Waals surface area contributed by atoms with Gasteiger partial charge in [-0.15, -0.1) is 0 Å². The van der Waals surface area contributed by atoms with Gasteiger partial charge in [-0.2, -0.15) is 17.0 Å². The Bertz CT molecular complexity index is 1080. The van der Waals surface area contributed by atoms with Gasteiger partial charge in [-0.25, -0.2) is 13.4 Å². The van der Waals surface area contributed by atoms with Gasteiger partial charge in [0.25, 0.3) is 10.2 Å². The molecule has 0 aliphatic carbocycles. The molecule has 0 spiro atoms. The monoisotopic (exact) mass is 523 g/mol. The first-order valence-electron chi connectivity index (χ1n) is 8.93. The number of benzene rings is 1. The SMILES string of the molecule is CN(C)S(=O)(=O)N1CCC(F)(CNc2nonc2/C(=N/O)Nc2ccc(F)c(Br)c2)C1. The minimum absolute atomic E-state index is 0.0174. The van der Waals surface area contributed by atoms with Gasteiger partial charge in [0.1, 0.15) is 11.5 Å². The Morgan fingerprint density at radius 2 is 2.19 bits per heavy atom. The van der Waals surface area contributed by atoms with Crippen molar-refractivity contribution in [2.75, 3.05) is 44.4 Å². The molecular weight excluding hydrogens is 504 g/mol. The Morgan fingerprint density at radius 3 is 2.84 bits per heavy atom. The second-order valence-electron chi connectivity index (χ2n) is 7.04. The molecule has 1 aromatic heterocycles. The van der Waals surface area contributed by atoms with Crippen molar-refractivity contribution in [3.63, 3.8) is 0 Å². The Balaban J connectivity index is 1.69. The van der Waals surface area contributed by atoms with Gasteiger partial charge in [-0.3, -0.25) is 0 Å². The maximum atomic E-state index is 15.2. The first kappa shape index (κ1) is 23.3. The highest BCUT2D eigenvalue weighted by molar-refractivity contribution is 9.10. The Labute approximate surface area is 185 Å². The fourth-order valence-electron chi connectivity index (χ4n) is 2.92. The van der Waals surface area contributed by atoms with E-state index in [-0.39, 0.29) is 47.9 Å². The van der Waals surface area contributed by atoms with E-state index >= 15 is 4.39 Å². The molecule has 1 unspecified atom stereocenters. The van der Waals surface area contributed by atoms with E-state index in [1.54, 1.807) is 0 Å². The molecule has 1 saturated heterocycles. The molecule has 11 nitrogen and oxygen atoms in total. The average molecular weight is 524 g/mol. The second-order valence-corrected chi connectivity index (χ2v) is 10.0. The zero-order valence-electron chi connectivity index (χ0n) is 16.5. The van der Waals surface area contributed by atoms with Crippen molar-refractivity contribution < 1.29 is 27.0 Å². The number of aromatic nitrogens is 2. The van der Waals surface area contributed by atoms with Gasteiger partial charge < -0.3 is 15.8 Å². The molecule has 170 valence electrons. The number of rotatable bonds is 7. The molecule has 1 atom stereocenters. The van der Waals surface area contributed by atoms with E-state index in [4.69, 9.17) is 0 Å². The molecule has 3 N–H and O–H groups in total. The van der Waals surface area contributed by atoms with Gasteiger partial charge >= 0.3 is 0 Å². The van der Waals surface area contributed by atoms with Crippen LogP contribution in [0.1, 0.15) is 12.1 Å². The Hall–Kier alpha value is -2.36. The fraction of sp³-hybridized carbons (Fsp3) is 0.438. The largest absolute Gasteiger partial charge is 0.409 e. The summed E-state index contributed by atoms with van der Waals surface area (Å²) < 4.78 is 59.9. The van der Waals surface area contributed by atoms with Crippen LogP contribution in [0.4, 0.5) is 20.3 Å². The number of amidine groups is 1. The quantitative estimate of drug-likeness (QED) is 0.216. The molecule has 1 aliphatic rings. The predicted molar refractivity (Wildman–Crippen MR) is 111 cm³/mol. The van der Waals surface area contributed by atoms with Crippen LogP contribution in [0.3, 0.4) is 0 Å². The summed E-state index contributed by atoms with van der Waals surface area (Å²) in [5.41, 5.74) is -1.54. The molecule has 31 heavy (non-hydrogen) atoms. The summed E-state index contributed by atoms with van der Waals surface area (Å²) in [5.74, 6) is -0.681. The first-order chi connectivity index (χ1) is 14.6. The molecule has 15 heteroatoms. The normalized spacial score (nSPS) is 20.4. The number of halogens is 3. The van der Waals surface area contributed by atoms with E-state index < -0.39 is 21.7 Å². The molecule has 3 rings (SSSR count). The lowest BCUT2D eigenvalue weighted by atomic mass is 10.1. The van der Waals surface area contributed by atoms with Crippen molar-refractivity contribution in [1.29, 1.82) is 0 Å². The van der Waals surface area contributed by atoms with Gasteiger partial charge in [-0.1, -0.05) is 5.16 Å². The van der Waals surface area contributed by atoms with Crippen LogP contribution in [0.15, 0.2) is 32.5 Å². The minimum atomic E-state index is -3.73. The molecular formula is C16H20BrF2N7O4S. The molecule has 0 radical (unpaired) electrons. The number of hydrogen-bond acceptors (Lipinski definition) is 8. The third-order valence-corrected chi connectivity index (χ3v) is 7.12. The molecule has 1 aliphatic heterocycles. The third kappa shape index (κ3) is 5.11. The molecule has 2 aromatic rings. The second kappa shape index (κ2) is 9.02. The number of alkyl halides is 1. The van der Waals surface area contributed by atoms with Crippen molar-refractivity contribution in [3.05, 3.63) is 34.2 Å². The van der Waals surface area contributed by atoms with Crippen molar-refractivity contribution in [3.8, 4) is 0 Å². The summed E-state index contributed by atoms with van der Waals surface area (Å²) in [6.07, 6.45) is -0.0174. The minimum Gasteiger partial charge on any atom is -0.409 e. The summed E-state index contributed by atoms with van der Waals surface area (Å²) in [7, 11) is -0.974. The zero-order valence-corrected chi connectivity index (χ0v) is 18.9. The van der Waals surface area contributed by atoms with Crippen LogP contribution in [-0.4, -0.2) is 77.8 Å². The summed E-state index contributed by atoms with van der Waals surface area (Å²) in [6.45, 7) is -0.578. The van der Waals surface area contributed by atoms with E-state index in [0.29, 0.717) is 5.69 Å². The van der Waals surface area contributed by atoms with Crippen LogP contribution in [0.2, 0.25) is 0 Å². The summed E-state index contributed by atoms with van der Waals surface area (Å²) in [5, 5.41) is 25.2. The van der Waals surface area contributed by atoms with Crippen molar-refractivity contribution >= 4 is 43.5 Å². The van der Waals surface area contributed by atoms with Crippen molar-refractivity contribution in [2.45, 2.75) is 12.1 Å². The molecule has 1 aromatic carbocycles. The van der Waals surface area contributed by atoms with Gasteiger partial charge in [0.2, 0.25) is 11.7 Å². The zero-order chi connectivity index (χ0) is 22.8. The number of hydrogen-bond donors (Lipinski definition) is 3. The summed E-state index contributed by atoms with van der Waals surface area (Å²) >= 11 is 3.05. The van der Waals surface area contributed by atoms with Crippen molar-refractivity contribution in [2.24, 2.45) is 5.16 Å². The number of anilines is 2. The first-order valence-corrected chi connectivity index (χ1v) is 11.1. The standard InChI is InChI=1S/C16H20BrF2N7O4S/c1-25(2)31(28,29)26-6-5-16(19,9-26)8-20-14-13(23-30-24-14)15(22-27)21-10-3-4-12(18)11(17)7-10/h3-4,7,27H,5-6,8-9H2,1-2H3,(H,20,24)(H,21,22). The lowest BCUT2D eigenvalue weighted by molar-refractivity contribution is 0.196. The molecule has 0 bridgehead atoms. The maximum absolute atomic E-state index is 15.2. The van der Waals surface area contributed by atoms with E-state index in [2.05, 4.69) is 46.7 Å². The molecule has 0 amide bonds. The van der Waals surface area contributed by atoms with E-state index in [0.717, 1.165) is 8.61 Å². The fourth-order valence-corrected chi connectivity index (χ4v) is 4.47. The smallest absolute Gasteiger partial charge is 0.281 e. The number of nitrogens with zero attached hydrogens (tertiary/aromatic N) is 5. The van der Waals surface area contributed by atoms with Crippen molar-refractivity contribution in [1.82, 2.24) is 18.9 Å². The average Bonchev–Trinajstić information content (AvgIpc) is 3.34. The highest BCUT2D eigenvalue weighted by Gasteiger charge is 2.44. The van der Waals surface area contributed by atoms with Gasteiger partial charge in [-0.05, 0) is 50.9 Å². The number of oxime groups is 1. The highest BCUT2D eigenvalue weighted by Crippen LogP contribution is 2.29. The lowest BCUT2D eigenvalue weighted by Crippen LogP contribution is -2.42. The van der Waals surface area contributed by atoms with Crippen LogP contribution in [0.25, 0.3) is 0 Å². The van der Waals surface area contributed by atoms with Crippen LogP contribution in [0.5, 0.6) is 0 Å². The molecule has 1 fully saturated rings. The Kier molecular flexibility index (Phi) is 6.78. The van der Waals surface area contributed by atoms with E-state index in [1.165, 1.54) is 32.3 Å². The van der Waals surface area contributed by atoms with Gasteiger partial charge in [0, 0.05) is 26.3 Å². The maximum Gasteiger partial charge on any atom is 0.281 e. The topological polar surface area (TPSA) is 136 Å². The van der Waals surface area contributed by atoms with Gasteiger partial charge in [0.15, 0.2) is 5.69 Å². The third-order valence-electron chi connectivity index (χ3n) is 4.62. The van der Waals surface area contributed by atoms with Crippen LogP contribution in [-0.2, 0) is 10.2 Å². The van der Waals surface area contributed by atoms with Gasteiger partial charge in [0.05, 0.1) is 17.6 Å². The molecule has 2 heterocycles. The Morgan fingerprint density at radius 1 is 1.45 bits per heavy atom. The van der Waals surface area contributed by atoms with Crippen LogP contribution in [0, 0.1) is 5.82 Å². The lowest BCUT2D eigenvalue weighted by Gasteiger charge is -2.23. The molecule has 0 saturated carbocycles. The summed E-state index contributed by atoms with van der Waals surface area (Å²) in [4.78, 5) is 0. The van der Waals surface area contributed by atoms with Crippen LogP contribution >= 0.6 is 15.9 Å². The van der Waals surface area contributed by atoms with E-state index in [9.17, 15) is 18.0 Å². The van der Waals surface area contributed by atoms with Crippen LogP contribution < -0.4 is 10.6 Å². The van der Waals surface area contributed by atoms with E-state index in [1.807, 2.05) is 0 Å². The predicted octanol–water partition coefficient (Wildman–Crippen LogP) is 1.85. The summed E-state index contributed by atoms with van der Waals surface area (Å²) in [6, 6.07) is 4.01. The number of nitrogens with one attached hydrogen (secondary N) is 2. The highest BCUT2D eigenvalue weighted by atomic mass is 79.9.